The molecule has 0 radical (unpaired) electrons. The van der Waals surface area contributed by atoms with Gasteiger partial charge < -0.3 is 9.15 Å². The van der Waals surface area contributed by atoms with Crippen LogP contribution in [0.5, 0.6) is 0 Å². The molecule has 18 heavy (non-hydrogen) atoms. The zero-order valence-corrected chi connectivity index (χ0v) is 10.7. The Morgan fingerprint density at radius 2 is 2.44 bits per heavy atom. The van der Waals surface area contributed by atoms with Gasteiger partial charge in [-0.15, -0.1) is 0 Å². The monoisotopic (exact) mass is 253 g/mol. The van der Waals surface area contributed by atoms with E-state index < -0.39 is 5.91 Å². The number of ether oxygens (including phenoxy) is 1. The lowest BCUT2D eigenvalue weighted by Crippen LogP contribution is -2.42. The van der Waals surface area contributed by atoms with Crippen LogP contribution in [-0.2, 0) is 11.3 Å². The first-order valence-corrected chi connectivity index (χ1v) is 6.04. The van der Waals surface area contributed by atoms with E-state index in [-0.39, 0.29) is 5.76 Å². The summed E-state index contributed by atoms with van der Waals surface area (Å²) in [5.41, 5.74) is 2.88. The van der Waals surface area contributed by atoms with Crippen LogP contribution in [0.15, 0.2) is 10.5 Å². The lowest BCUT2D eigenvalue weighted by molar-refractivity contribution is -0.00720. The minimum absolute atomic E-state index is 0.286. The maximum Gasteiger partial charge on any atom is 0.301 e. The van der Waals surface area contributed by atoms with Gasteiger partial charge in [-0.2, -0.15) is 0 Å². The molecule has 6 heteroatoms. The van der Waals surface area contributed by atoms with Crippen LogP contribution >= 0.6 is 0 Å². The van der Waals surface area contributed by atoms with Crippen molar-refractivity contribution in [3.05, 3.63) is 23.2 Å². The molecule has 0 bridgehead atoms. The van der Waals surface area contributed by atoms with E-state index in [1.807, 2.05) is 13.0 Å². The molecule has 1 amide bonds. The van der Waals surface area contributed by atoms with Gasteiger partial charge in [-0.1, -0.05) is 0 Å². The molecule has 0 aliphatic carbocycles. The number of aryl methyl sites for hydroxylation is 1. The van der Waals surface area contributed by atoms with Crippen molar-refractivity contribution in [2.24, 2.45) is 5.84 Å². The second-order valence-corrected chi connectivity index (χ2v) is 4.59. The summed E-state index contributed by atoms with van der Waals surface area (Å²) in [6, 6.07) is 2.24. The molecule has 1 aliphatic heterocycles. The van der Waals surface area contributed by atoms with E-state index in [2.05, 4.69) is 17.2 Å². The van der Waals surface area contributed by atoms with Crippen LogP contribution in [0, 0.1) is 6.92 Å². The van der Waals surface area contributed by atoms with Crippen molar-refractivity contribution in [3.63, 3.8) is 0 Å². The van der Waals surface area contributed by atoms with Crippen LogP contribution in [0.3, 0.4) is 0 Å². The second kappa shape index (κ2) is 5.51. The number of hydrogen-bond acceptors (Lipinski definition) is 5. The highest BCUT2D eigenvalue weighted by Gasteiger charge is 2.21. The Kier molecular flexibility index (Phi) is 4.00. The highest BCUT2D eigenvalue weighted by molar-refractivity contribution is 5.92. The summed E-state index contributed by atoms with van der Waals surface area (Å²) in [5.74, 6) is 5.77. The van der Waals surface area contributed by atoms with Crippen molar-refractivity contribution >= 4 is 5.91 Å². The predicted octanol–water partition coefficient (Wildman–Crippen LogP) is 0.412. The van der Waals surface area contributed by atoms with Gasteiger partial charge in [-0.3, -0.25) is 15.1 Å². The molecule has 1 saturated heterocycles. The summed E-state index contributed by atoms with van der Waals surface area (Å²) in [4.78, 5) is 13.7. The Labute approximate surface area is 106 Å². The van der Waals surface area contributed by atoms with Gasteiger partial charge >= 0.3 is 5.91 Å². The first-order valence-electron chi connectivity index (χ1n) is 6.04. The van der Waals surface area contributed by atoms with Crippen molar-refractivity contribution in [1.82, 2.24) is 10.3 Å². The number of nitrogens with two attached hydrogens (primary N) is 1. The van der Waals surface area contributed by atoms with Crippen molar-refractivity contribution in [2.45, 2.75) is 26.4 Å². The van der Waals surface area contributed by atoms with E-state index >= 15 is 0 Å². The number of nitrogen functional groups attached to an aromatic ring is 1. The molecule has 3 N–H and O–H groups in total. The molecule has 1 unspecified atom stereocenters. The summed E-state index contributed by atoms with van der Waals surface area (Å²) < 4.78 is 10.9. The van der Waals surface area contributed by atoms with Gasteiger partial charge in [0.25, 0.3) is 0 Å². The largest absolute Gasteiger partial charge is 0.454 e. The molecule has 0 aromatic carbocycles. The van der Waals surface area contributed by atoms with Gasteiger partial charge in [0.05, 0.1) is 19.8 Å². The number of furan rings is 1. The maximum atomic E-state index is 11.4. The number of amides is 1. The fourth-order valence-electron chi connectivity index (χ4n) is 2.11. The first kappa shape index (κ1) is 13.1. The Balaban J connectivity index is 2.07. The lowest BCUT2D eigenvalue weighted by atomic mass is 10.2. The molecule has 1 fully saturated rings. The molecule has 0 saturated carbocycles. The summed E-state index contributed by atoms with van der Waals surface area (Å²) in [6.07, 6.45) is 0. The normalized spacial score (nSPS) is 20.9. The van der Waals surface area contributed by atoms with Gasteiger partial charge in [0.2, 0.25) is 0 Å². The average molecular weight is 253 g/mol. The minimum atomic E-state index is -0.395. The predicted molar refractivity (Wildman–Crippen MR) is 65.8 cm³/mol. The number of nitrogens with zero attached hydrogens (tertiary/aromatic N) is 1. The van der Waals surface area contributed by atoms with Crippen molar-refractivity contribution in [3.8, 4) is 0 Å². The maximum absolute atomic E-state index is 11.4. The van der Waals surface area contributed by atoms with E-state index in [0.717, 1.165) is 31.1 Å². The number of hydrogen-bond donors (Lipinski definition) is 2. The third-order valence-corrected chi connectivity index (χ3v) is 3.17. The summed E-state index contributed by atoms with van der Waals surface area (Å²) >= 11 is 0. The number of hydrazine groups is 1. The molecular formula is C12H19N3O3. The first-order chi connectivity index (χ1) is 8.61. The number of carbonyl (C=O) groups is 1. The quantitative estimate of drug-likeness (QED) is 0.463. The van der Waals surface area contributed by atoms with Crippen LogP contribution in [0.1, 0.15) is 28.8 Å². The van der Waals surface area contributed by atoms with Gasteiger partial charge in [-0.25, -0.2) is 5.84 Å². The summed E-state index contributed by atoms with van der Waals surface area (Å²) in [6.45, 7) is 6.97. The van der Waals surface area contributed by atoms with Crippen molar-refractivity contribution in [2.75, 3.05) is 19.8 Å². The van der Waals surface area contributed by atoms with E-state index in [0.29, 0.717) is 12.6 Å². The molecule has 2 heterocycles. The minimum Gasteiger partial charge on any atom is -0.454 e. The standard InChI is InChI=1S/C12H19N3O3/c1-8-5-10(18-11(8)12(16)14-13)6-15-3-4-17-7-9(15)2/h5,9H,3-4,6-7,13H2,1-2H3,(H,14,16). The van der Waals surface area contributed by atoms with Crippen LogP contribution < -0.4 is 11.3 Å². The third kappa shape index (κ3) is 2.72. The van der Waals surface area contributed by atoms with Crippen molar-refractivity contribution in [1.29, 1.82) is 0 Å². The van der Waals surface area contributed by atoms with E-state index in [1.54, 1.807) is 0 Å². The fraction of sp³-hybridized carbons (Fsp3) is 0.583. The van der Waals surface area contributed by atoms with E-state index in [9.17, 15) is 4.79 Å². The molecule has 1 atom stereocenters. The number of morpholine rings is 1. The Hall–Kier alpha value is -1.37. The van der Waals surface area contributed by atoms with Crippen molar-refractivity contribution < 1.29 is 13.9 Å². The molecule has 1 aliphatic rings. The Morgan fingerprint density at radius 3 is 3.11 bits per heavy atom. The fourth-order valence-corrected chi connectivity index (χ4v) is 2.11. The number of nitrogens with one attached hydrogen (secondary N) is 1. The molecule has 1 aromatic heterocycles. The molecule has 0 spiro atoms. The Morgan fingerprint density at radius 1 is 1.67 bits per heavy atom. The Bertz CT molecular complexity index is 430. The lowest BCUT2D eigenvalue weighted by Gasteiger charge is -2.32. The van der Waals surface area contributed by atoms with Gasteiger partial charge in [0.15, 0.2) is 5.76 Å². The molecule has 1 aromatic rings. The topological polar surface area (TPSA) is 80.7 Å². The smallest absolute Gasteiger partial charge is 0.301 e. The van der Waals surface area contributed by atoms with Crippen LogP contribution in [-0.4, -0.2) is 36.6 Å². The molecule has 100 valence electrons. The molecular weight excluding hydrogens is 234 g/mol. The average Bonchev–Trinajstić information content (AvgIpc) is 2.72. The third-order valence-electron chi connectivity index (χ3n) is 3.17. The summed E-state index contributed by atoms with van der Waals surface area (Å²) in [7, 11) is 0. The SMILES string of the molecule is Cc1cc(CN2CCOCC2C)oc1C(=O)NN. The van der Waals surface area contributed by atoms with Crippen LogP contribution in [0.2, 0.25) is 0 Å². The van der Waals surface area contributed by atoms with Crippen LogP contribution in [0.25, 0.3) is 0 Å². The number of rotatable bonds is 3. The number of carbonyl (C=O) groups excluding carboxylic acids is 1. The highest BCUT2D eigenvalue weighted by atomic mass is 16.5. The second-order valence-electron chi connectivity index (χ2n) is 4.59. The van der Waals surface area contributed by atoms with Gasteiger partial charge in [0, 0.05) is 18.2 Å². The van der Waals surface area contributed by atoms with Gasteiger partial charge in [-0.05, 0) is 19.9 Å². The summed E-state index contributed by atoms with van der Waals surface area (Å²) in [5, 5.41) is 0. The van der Waals surface area contributed by atoms with E-state index in [1.165, 1.54) is 0 Å². The zero-order chi connectivity index (χ0) is 13.1. The molecule has 6 nitrogen and oxygen atoms in total. The van der Waals surface area contributed by atoms with Crippen LogP contribution in [0.4, 0.5) is 0 Å². The van der Waals surface area contributed by atoms with Gasteiger partial charge in [0.1, 0.15) is 5.76 Å². The molecule has 2 rings (SSSR count). The zero-order valence-electron chi connectivity index (χ0n) is 10.7. The highest BCUT2D eigenvalue weighted by Crippen LogP contribution is 2.18. The van der Waals surface area contributed by atoms with E-state index in [4.69, 9.17) is 15.0 Å².